The number of phenols is 1. The number of carbonyl (C=O) groups is 4. The molecule has 10 heteroatoms. The molecule has 2 unspecified atom stereocenters. The van der Waals surface area contributed by atoms with E-state index >= 15 is 0 Å². The molecule has 10 nitrogen and oxygen atoms in total. The van der Waals surface area contributed by atoms with Gasteiger partial charge >= 0.3 is 12.1 Å². The number of hydrogen-bond donors (Lipinski definition) is 3. The van der Waals surface area contributed by atoms with E-state index in [1.54, 1.807) is 64.1 Å². The number of aromatic hydroxyl groups is 1. The van der Waals surface area contributed by atoms with Crippen LogP contribution in [0.25, 0.3) is 0 Å². The predicted molar refractivity (Wildman–Crippen MR) is 160 cm³/mol. The molecule has 0 bridgehead atoms. The maximum atomic E-state index is 14.6. The largest absolute Gasteiger partial charge is 0.508 e. The van der Waals surface area contributed by atoms with Gasteiger partial charge in [0.05, 0.1) is 13.0 Å². The van der Waals surface area contributed by atoms with E-state index in [2.05, 4.69) is 10.6 Å². The zero-order chi connectivity index (χ0) is 31.5. The topological polar surface area (TPSA) is 134 Å². The van der Waals surface area contributed by atoms with E-state index in [1.807, 2.05) is 26.8 Å². The number of benzene rings is 2. The standard InChI is InChI=1S/C32H45N3O7/c1-8-32(6,7)35(27(23-13-11-10-12-14-23)28(38)33-20-19-26(37)41-9-2)29(39)25(34-30(40)42-31(3,4)5)21-22-15-17-24(36)18-16-22/h10-18,25,27,36H,8-9,19-21H2,1-7H3,(H,33,38)(H,34,40). The van der Waals surface area contributed by atoms with E-state index in [-0.39, 0.29) is 31.7 Å². The van der Waals surface area contributed by atoms with Crippen molar-refractivity contribution in [3.8, 4) is 5.75 Å². The van der Waals surface area contributed by atoms with Crippen LogP contribution in [-0.4, -0.2) is 64.2 Å². The van der Waals surface area contributed by atoms with Crippen LogP contribution in [0.2, 0.25) is 0 Å². The molecule has 0 heterocycles. The minimum absolute atomic E-state index is 0.0180. The first-order valence-corrected chi connectivity index (χ1v) is 14.3. The Kier molecular flexibility index (Phi) is 12.4. The molecule has 0 fully saturated rings. The highest BCUT2D eigenvalue weighted by Crippen LogP contribution is 2.32. The van der Waals surface area contributed by atoms with Gasteiger partial charge in [-0.3, -0.25) is 14.4 Å². The number of amides is 3. The van der Waals surface area contributed by atoms with Crippen LogP contribution in [0.3, 0.4) is 0 Å². The maximum absolute atomic E-state index is 14.6. The van der Waals surface area contributed by atoms with Crippen LogP contribution in [-0.2, 0) is 30.3 Å². The fraction of sp³-hybridized carbons (Fsp3) is 0.500. The number of alkyl carbamates (subject to hydrolysis) is 1. The van der Waals surface area contributed by atoms with E-state index in [4.69, 9.17) is 9.47 Å². The lowest BCUT2D eigenvalue weighted by Gasteiger charge is -2.44. The van der Waals surface area contributed by atoms with Crippen molar-refractivity contribution in [2.45, 2.75) is 91.0 Å². The maximum Gasteiger partial charge on any atom is 0.408 e. The third kappa shape index (κ3) is 10.4. The number of phenolic OH excluding ortho intramolecular Hbond substituents is 1. The lowest BCUT2D eigenvalue weighted by molar-refractivity contribution is -0.149. The van der Waals surface area contributed by atoms with Crippen molar-refractivity contribution < 1.29 is 33.8 Å². The number of nitrogens with one attached hydrogen (secondary N) is 2. The quantitative estimate of drug-likeness (QED) is 0.292. The van der Waals surface area contributed by atoms with Crippen molar-refractivity contribution in [3.63, 3.8) is 0 Å². The van der Waals surface area contributed by atoms with Crippen LogP contribution in [0.15, 0.2) is 54.6 Å². The van der Waals surface area contributed by atoms with Crippen molar-refractivity contribution in [2.75, 3.05) is 13.2 Å². The van der Waals surface area contributed by atoms with Crippen molar-refractivity contribution in [1.29, 1.82) is 0 Å². The smallest absolute Gasteiger partial charge is 0.408 e. The van der Waals surface area contributed by atoms with Gasteiger partial charge in [0.2, 0.25) is 11.8 Å². The Hall–Kier alpha value is -4.08. The van der Waals surface area contributed by atoms with Crippen LogP contribution in [0.4, 0.5) is 4.79 Å². The summed E-state index contributed by atoms with van der Waals surface area (Å²) < 4.78 is 10.4. The SMILES string of the molecule is CCOC(=O)CCNC(=O)C(c1ccccc1)N(C(=O)C(Cc1ccc(O)cc1)NC(=O)OC(C)(C)C)C(C)(C)CC. The van der Waals surface area contributed by atoms with E-state index < -0.39 is 47.1 Å². The first-order chi connectivity index (χ1) is 19.7. The fourth-order valence-electron chi connectivity index (χ4n) is 4.30. The third-order valence-electron chi connectivity index (χ3n) is 6.68. The molecule has 2 rings (SSSR count). The Morgan fingerprint density at radius 1 is 0.929 bits per heavy atom. The van der Waals surface area contributed by atoms with Gasteiger partial charge in [-0.2, -0.15) is 0 Å². The summed E-state index contributed by atoms with van der Waals surface area (Å²) >= 11 is 0. The monoisotopic (exact) mass is 583 g/mol. The Morgan fingerprint density at radius 2 is 1.55 bits per heavy atom. The Labute approximate surface area is 248 Å². The Morgan fingerprint density at radius 3 is 2.10 bits per heavy atom. The van der Waals surface area contributed by atoms with Gasteiger partial charge in [0.1, 0.15) is 23.4 Å². The molecule has 3 N–H and O–H groups in total. The number of esters is 1. The summed E-state index contributed by atoms with van der Waals surface area (Å²) in [5.74, 6) is -1.33. The van der Waals surface area contributed by atoms with Gasteiger partial charge in [0.25, 0.3) is 0 Å². The van der Waals surface area contributed by atoms with Gasteiger partial charge in [-0.1, -0.05) is 49.4 Å². The van der Waals surface area contributed by atoms with Crippen LogP contribution in [0.5, 0.6) is 5.75 Å². The van der Waals surface area contributed by atoms with Crippen molar-refractivity contribution in [1.82, 2.24) is 15.5 Å². The molecule has 0 aliphatic carbocycles. The minimum Gasteiger partial charge on any atom is -0.508 e. The number of nitrogens with zero attached hydrogens (tertiary/aromatic N) is 1. The van der Waals surface area contributed by atoms with Crippen molar-refractivity contribution in [3.05, 3.63) is 65.7 Å². The van der Waals surface area contributed by atoms with Crippen LogP contribution in [0, 0.1) is 0 Å². The summed E-state index contributed by atoms with van der Waals surface area (Å²) in [5.41, 5.74) is -0.378. The molecule has 0 aromatic heterocycles. The van der Waals surface area contributed by atoms with Gasteiger partial charge < -0.3 is 30.1 Å². The molecular formula is C32H45N3O7. The molecule has 3 amide bonds. The average molecular weight is 584 g/mol. The third-order valence-corrected chi connectivity index (χ3v) is 6.68. The molecule has 230 valence electrons. The van der Waals surface area contributed by atoms with Crippen LogP contribution < -0.4 is 10.6 Å². The molecule has 2 atom stereocenters. The number of carbonyl (C=O) groups excluding carboxylic acids is 4. The highest BCUT2D eigenvalue weighted by Gasteiger charge is 2.43. The van der Waals surface area contributed by atoms with Gasteiger partial charge in [-0.25, -0.2) is 4.79 Å². The Balaban J connectivity index is 2.56. The molecule has 0 aliphatic rings. The van der Waals surface area contributed by atoms with E-state index in [1.165, 1.54) is 17.0 Å². The summed E-state index contributed by atoms with van der Waals surface area (Å²) in [6, 6.07) is 13.1. The van der Waals surface area contributed by atoms with Gasteiger partial charge in [0, 0.05) is 18.5 Å². The summed E-state index contributed by atoms with van der Waals surface area (Å²) in [6.45, 7) is 12.8. The summed E-state index contributed by atoms with van der Waals surface area (Å²) in [4.78, 5) is 54.7. The molecule has 0 saturated carbocycles. The molecule has 0 spiro atoms. The molecule has 0 saturated heterocycles. The normalized spacial score (nSPS) is 12.9. The highest BCUT2D eigenvalue weighted by atomic mass is 16.6. The van der Waals surface area contributed by atoms with Crippen molar-refractivity contribution >= 4 is 23.9 Å². The molecule has 2 aromatic carbocycles. The summed E-state index contributed by atoms with van der Waals surface area (Å²) in [7, 11) is 0. The Bertz CT molecular complexity index is 1190. The molecule has 0 radical (unpaired) electrons. The zero-order valence-electron chi connectivity index (χ0n) is 25.7. The molecule has 2 aromatic rings. The zero-order valence-corrected chi connectivity index (χ0v) is 25.7. The second kappa shape index (κ2) is 15.2. The predicted octanol–water partition coefficient (Wildman–Crippen LogP) is 4.66. The summed E-state index contributed by atoms with van der Waals surface area (Å²) in [6.07, 6.45) is -0.211. The van der Waals surface area contributed by atoms with Crippen LogP contribution in [0.1, 0.15) is 78.5 Å². The molecule has 42 heavy (non-hydrogen) atoms. The van der Waals surface area contributed by atoms with E-state index in [0.29, 0.717) is 17.5 Å². The summed E-state index contributed by atoms with van der Waals surface area (Å²) in [5, 5.41) is 15.3. The fourth-order valence-corrected chi connectivity index (χ4v) is 4.30. The number of rotatable bonds is 13. The first kappa shape index (κ1) is 34.1. The van der Waals surface area contributed by atoms with Gasteiger partial charge in [-0.05, 0) is 71.2 Å². The second-order valence-electron chi connectivity index (χ2n) is 11.6. The highest BCUT2D eigenvalue weighted by molar-refractivity contribution is 5.93. The van der Waals surface area contributed by atoms with E-state index in [9.17, 15) is 24.3 Å². The second-order valence-corrected chi connectivity index (χ2v) is 11.6. The van der Waals surface area contributed by atoms with Crippen LogP contribution >= 0.6 is 0 Å². The average Bonchev–Trinajstić information content (AvgIpc) is 2.91. The lowest BCUT2D eigenvalue weighted by Crippen LogP contribution is -2.60. The molecular weight excluding hydrogens is 538 g/mol. The minimum atomic E-state index is -1.10. The van der Waals surface area contributed by atoms with Crippen molar-refractivity contribution in [2.24, 2.45) is 0 Å². The van der Waals surface area contributed by atoms with Gasteiger partial charge in [-0.15, -0.1) is 0 Å². The van der Waals surface area contributed by atoms with Gasteiger partial charge in [0.15, 0.2) is 0 Å². The number of hydrogen-bond acceptors (Lipinski definition) is 7. The number of ether oxygens (including phenoxy) is 2. The first-order valence-electron chi connectivity index (χ1n) is 14.3. The molecule has 0 aliphatic heterocycles. The van der Waals surface area contributed by atoms with E-state index in [0.717, 1.165) is 0 Å². The lowest BCUT2D eigenvalue weighted by atomic mass is 9.91.